The number of likely N-dealkylation sites (tertiary alicyclic amines) is 1. The summed E-state index contributed by atoms with van der Waals surface area (Å²) in [6.45, 7) is 9.51. The molecular formula is C13H25NO2. The summed E-state index contributed by atoms with van der Waals surface area (Å²) in [5.74, 6) is 1.92. The molecule has 0 amide bonds. The molecule has 0 aliphatic carbocycles. The third-order valence-corrected chi connectivity index (χ3v) is 3.87. The lowest BCUT2D eigenvalue weighted by atomic mass is 9.90. The van der Waals surface area contributed by atoms with Crippen molar-refractivity contribution in [3.05, 3.63) is 0 Å². The maximum atomic E-state index is 9.92. The van der Waals surface area contributed by atoms with Gasteiger partial charge >= 0.3 is 0 Å². The molecule has 0 radical (unpaired) electrons. The molecule has 3 nitrogen and oxygen atoms in total. The number of nitrogens with zero attached hydrogens (tertiary/aromatic N) is 1. The molecule has 2 aliphatic rings. The van der Waals surface area contributed by atoms with Crippen molar-refractivity contribution in [2.75, 3.05) is 32.8 Å². The van der Waals surface area contributed by atoms with E-state index in [1.54, 1.807) is 0 Å². The summed E-state index contributed by atoms with van der Waals surface area (Å²) < 4.78 is 5.46. The van der Waals surface area contributed by atoms with Gasteiger partial charge in [0, 0.05) is 32.2 Å². The topological polar surface area (TPSA) is 32.7 Å². The summed E-state index contributed by atoms with van der Waals surface area (Å²) in [5, 5.41) is 9.92. The maximum absolute atomic E-state index is 9.92. The van der Waals surface area contributed by atoms with E-state index in [0.717, 1.165) is 38.0 Å². The lowest BCUT2D eigenvalue weighted by molar-refractivity contribution is -0.0517. The largest absolute Gasteiger partial charge is 0.393 e. The second kappa shape index (κ2) is 5.48. The molecule has 16 heavy (non-hydrogen) atoms. The Labute approximate surface area is 98.8 Å². The molecule has 0 spiro atoms. The number of aliphatic hydroxyl groups excluding tert-OH is 1. The average Bonchev–Trinajstić information content (AvgIpc) is 2.20. The van der Waals surface area contributed by atoms with Gasteiger partial charge in [-0.05, 0) is 24.7 Å². The molecule has 0 aromatic carbocycles. The van der Waals surface area contributed by atoms with E-state index in [1.165, 1.54) is 19.5 Å². The Morgan fingerprint density at radius 3 is 2.56 bits per heavy atom. The summed E-state index contributed by atoms with van der Waals surface area (Å²) in [4.78, 5) is 2.52. The predicted octanol–water partition coefficient (Wildman–Crippen LogP) is 1.36. The summed E-state index contributed by atoms with van der Waals surface area (Å²) >= 11 is 0. The van der Waals surface area contributed by atoms with Gasteiger partial charge < -0.3 is 14.7 Å². The molecular weight excluding hydrogens is 202 g/mol. The number of piperidine rings is 1. The van der Waals surface area contributed by atoms with Crippen molar-refractivity contribution < 1.29 is 9.84 Å². The van der Waals surface area contributed by atoms with Gasteiger partial charge in [-0.3, -0.25) is 0 Å². The van der Waals surface area contributed by atoms with Gasteiger partial charge in [0.2, 0.25) is 0 Å². The summed E-state index contributed by atoms with van der Waals surface area (Å²) in [7, 11) is 0. The fraction of sp³-hybridized carbons (Fsp3) is 1.00. The van der Waals surface area contributed by atoms with Crippen molar-refractivity contribution >= 4 is 0 Å². The zero-order valence-electron chi connectivity index (χ0n) is 10.6. The molecule has 0 aromatic heterocycles. The fourth-order valence-electron chi connectivity index (χ4n) is 3.23. The molecule has 2 rings (SSSR count). The Morgan fingerprint density at radius 1 is 1.25 bits per heavy atom. The highest BCUT2D eigenvalue weighted by molar-refractivity contribution is 4.80. The molecule has 2 saturated heterocycles. The Morgan fingerprint density at radius 2 is 1.94 bits per heavy atom. The second-order valence-corrected chi connectivity index (χ2v) is 5.86. The van der Waals surface area contributed by atoms with Crippen molar-refractivity contribution in [2.24, 2.45) is 17.8 Å². The van der Waals surface area contributed by atoms with Gasteiger partial charge in [0.25, 0.3) is 0 Å². The SMILES string of the molecule is CC1CC(C)CN(CC2COCCC2O)C1. The van der Waals surface area contributed by atoms with Crippen molar-refractivity contribution in [3.63, 3.8) is 0 Å². The van der Waals surface area contributed by atoms with Gasteiger partial charge in [-0.1, -0.05) is 13.8 Å². The minimum atomic E-state index is -0.152. The lowest BCUT2D eigenvalue weighted by Crippen LogP contribution is -2.46. The van der Waals surface area contributed by atoms with Gasteiger partial charge in [-0.2, -0.15) is 0 Å². The third-order valence-electron chi connectivity index (χ3n) is 3.87. The average molecular weight is 227 g/mol. The normalized spacial score (nSPS) is 42.2. The first-order valence-electron chi connectivity index (χ1n) is 6.63. The molecule has 3 heteroatoms. The first-order chi connectivity index (χ1) is 7.65. The highest BCUT2D eigenvalue weighted by Gasteiger charge is 2.29. The van der Waals surface area contributed by atoms with Crippen LogP contribution in [0.5, 0.6) is 0 Å². The van der Waals surface area contributed by atoms with Gasteiger partial charge in [0.15, 0.2) is 0 Å². The zero-order chi connectivity index (χ0) is 11.5. The van der Waals surface area contributed by atoms with Crippen LogP contribution in [0.1, 0.15) is 26.7 Å². The smallest absolute Gasteiger partial charge is 0.0624 e. The van der Waals surface area contributed by atoms with Crippen LogP contribution in [0.2, 0.25) is 0 Å². The fourth-order valence-corrected chi connectivity index (χ4v) is 3.23. The van der Waals surface area contributed by atoms with Crippen LogP contribution in [0.25, 0.3) is 0 Å². The Kier molecular flexibility index (Phi) is 4.22. The minimum Gasteiger partial charge on any atom is -0.393 e. The van der Waals surface area contributed by atoms with Crippen LogP contribution < -0.4 is 0 Å². The van der Waals surface area contributed by atoms with E-state index in [0.29, 0.717) is 5.92 Å². The summed E-state index contributed by atoms with van der Waals surface area (Å²) in [6.07, 6.45) is 2.00. The van der Waals surface area contributed by atoms with Crippen LogP contribution in [0, 0.1) is 17.8 Å². The van der Waals surface area contributed by atoms with Crippen LogP contribution >= 0.6 is 0 Å². The molecule has 2 fully saturated rings. The molecule has 0 bridgehead atoms. The monoisotopic (exact) mass is 227 g/mol. The Bertz CT molecular complexity index is 212. The number of ether oxygens (including phenoxy) is 1. The van der Waals surface area contributed by atoms with Gasteiger partial charge in [0.05, 0.1) is 12.7 Å². The quantitative estimate of drug-likeness (QED) is 0.773. The molecule has 1 N–H and O–H groups in total. The predicted molar refractivity (Wildman–Crippen MR) is 64.3 cm³/mol. The van der Waals surface area contributed by atoms with Crippen LogP contribution in [0.4, 0.5) is 0 Å². The molecule has 4 atom stereocenters. The number of aliphatic hydroxyl groups is 1. The second-order valence-electron chi connectivity index (χ2n) is 5.86. The van der Waals surface area contributed by atoms with E-state index in [9.17, 15) is 5.11 Å². The van der Waals surface area contributed by atoms with Crippen LogP contribution in [0.3, 0.4) is 0 Å². The van der Waals surface area contributed by atoms with Crippen LogP contribution in [-0.2, 0) is 4.74 Å². The van der Waals surface area contributed by atoms with Crippen molar-refractivity contribution in [1.82, 2.24) is 4.90 Å². The molecule has 4 unspecified atom stereocenters. The molecule has 2 heterocycles. The zero-order valence-corrected chi connectivity index (χ0v) is 10.6. The molecule has 2 aliphatic heterocycles. The highest BCUT2D eigenvalue weighted by atomic mass is 16.5. The Hall–Kier alpha value is -0.120. The standard InChI is InChI=1S/C13H25NO2/c1-10-5-11(2)7-14(6-10)8-12-9-16-4-3-13(12)15/h10-13,15H,3-9H2,1-2H3. The van der Waals surface area contributed by atoms with Gasteiger partial charge in [0.1, 0.15) is 0 Å². The van der Waals surface area contributed by atoms with E-state index >= 15 is 0 Å². The summed E-state index contributed by atoms with van der Waals surface area (Å²) in [5.41, 5.74) is 0. The van der Waals surface area contributed by atoms with Gasteiger partial charge in [-0.15, -0.1) is 0 Å². The van der Waals surface area contributed by atoms with Crippen molar-refractivity contribution in [3.8, 4) is 0 Å². The van der Waals surface area contributed by atoms with Gasteiger partial charge in [-0.25, -0.2) is 0 Å². The van der Waals surface area contributed by atoms with Crippen molar-refractivity contribution in [1.29, 1.82) is 0 Å². The number of hydrogen-bond donors (Lipinski definition) is 1. The molecule has 94 valence electrons. The first kappa shape index (κ1) is 12.3. The number of rotatable bonds is 2. The first-order valence-corrected chi connectivity index (χ1v) is 6.63. The maximum Gasteiger partial charge on any atom is 0.0624 e. The molecule has 0 saturated carbocycles. The van der Waals surface area contributed by atoms with Crippen LogP contribution in [-0.4, -0.2) is 49.0 Å². The van der Waals surface area contributed by atoms with E-state index in [-0.39, 0.29) is 6.10 Å². The van der Waals surface area contributed by atoms with E-state index < -0.39 is 0 Å². The highest BCUT2D eigenvalue weighted by Crippen LogP contribution is 2.23. The Balaban J connectivity index is 1.83. The van der Waals surface area contributed by atoms with Crippen LogP contribution in [0.15, 0.2) is 0 Å². The summed E-state index contributed by atoms with van der Waals surface area (Å²) in [6, 6.07) is 0. The van der Waals surface area contributed by atoms with E-state index in [2.05, 4.69) is 18.7 Å². The van der Waals surface area contributed by atoms with Crippen molar-refractivity contribution in [2.45, 2.75) is 32.8 Å². The molecule has 0 aromatic rings. The lowest BCUT2D eigenvalue weighted by Gasteiger charge is -2.39. The third kappa shape index (κ3) is 3.19. The van der Waals surface area contributed by atoms with E-state index in [1.807, 2.05) is 0 Å². The van der Waals surface area contributed by atoms with E-state index in [4.69, 9.17) is 4.74 Å². The minimum absolute atomic E-state index is 0.152. The number of hydrogen-bond acceptors (Lipinski definition) is 3.